The average Bonchev–Trinajstić information content (AvgIpc) is 0.722. The van der Waals surface area contributed by atoms with Gasteiger partial charge < -0.3 is 0 Å². The van der Waals surface area contributed by atoms with Gasteiger partial charge in [0.05, 0.1) is 0 Å². The molecule has 6 heteroatoms. The Morgan fingerprint density at radius 3 is 0.833 bits per heavy atom. The van der Waals surface area contributed by atoms with E-state index < -0.39 is 20.7 Å². The van der Waals surface area contributed by atoms with Crippen LogP contribution in [0.5, 0.6) is 0 Å². The van der Waals surface area contributed by atoms with Gasteiger partial charge >= 0.3 is 32.1 Å². The van der Waals surface area contributed by atoms with Gasteiger partial charge in [0.15, 0.2) is 0 Å². The molecule has 0 saturated heterocycles. The Kier molecular flexibility index (Phi) is 5.24. The van der Waals surface area contributed by atoms with Crippen molar-refractivity contribution in [1.82, 2.24) is 0 Å². The summed E-state index contributed by atoms with van der Waals surface area (Å²) in [4.78, 5) is 0. The van der Waals surface area contributed by atoms with Gasteiger partial charge in [-0.25, -0.2) is 0 Å². The van der Waals surface area contributed by atoms with Gasteiger partial charge in [-0.1, -0.05) is 0 Å². The molecule has 0 aliphatic rings. The average molecular weight is 247 g/mol. The summed E-state index contributed by atoms with van der Waals surface area (Å²) in [5, 5.41) is 0. The third-order valence-electron chi connectivity index (χ3n) is 0. The van der Waals surface area contributed by atoms with Gasteiger partial charge in [-0.15, -0.1) is 0 Å². The van der Waals surface area contributed by atoms with Crippen LogP contribution in [0.3, 0.4) is 0 Å². The van der Waals surface area contributed by atoms with E-state index in [4.69, 9.17) is 0 Å². The second-order valence-electron chi connectivity index (χ2n) is 0.429. The number of hydrogen-bond acceptors (Lipinski definition) is 0. The minimum absolute atomic E-state index is 0. The predicted octanol–water partition coefficient (Wildman–Crippen LogP) is 1.30. The SMILES string of the molecule is [Cr].[F][Sn]([F])([F])[F]. The molecule has 38 valence electrons. The van der Waals surface area contributed by atoms with Crippen LogP contribution in [-0.4, -0.2) is 20.7 Å². The first-order valence-electron chi connectivity index (χ1n) is 0.756. The van der Waals surface area contributed by atoms with Gasteiger partial charge in [0.25, 0.3) is 0 Å². The fraction of sp³-hybridized carbons (Fsp3) is 0. The summed E-state index contributed by atoms with van der Waals surface area (Å²) in [7, 11) is 0. The zero-order valence-electron chi connectivity index (χ0n) is 2.42. The molecule has 0 N–H and O–H groups in total. The maximum absolute atomic E-state index is 9.90. The van der Waals surface area contributed by atoms with E-state index in [1.165, 1.54) is 0 Å². The molecule has 0 heterocycles. The quantitative estimate of drug-likeness (QED) is 0.447. The van der Waals surface area contributed by atoms with Gasteiger partial charge in [0.2, 0.25) is 0 Å². The molecule has 0 amide bonds. The van der Waals surface area contributed by atoms with Gasteiger partial charge in [-0.3, -0.25) is 0 Å². The molecule has 0 aromatic heterocycles. The molecule has 0 nitrogen and oxygen atoms in total. The first-order chi connectivity index (χ1) is 2.00. The third-order valence-corrected chi connectivity index (χ3v) is 0. The fourth-order valence-electron chi connectivity index (χ4n) is 0. The van der Waals surface area contributed by atoms with Crippen molar-refractivity contribution in [3.63, 3.8) is 0 Å². The van der Waals surface area contributed by atoms with Crippen molar-refractivity contribution in [3.05, 3.63) is 0 Å². The molecule has 6 heavy (non-hydrogen) atoms. The summed E-state index contributed by atoms with van der Waals surface area (Å²) in [6.45, 7) is 0. The van der Waals surface area contributed by atoms with Gasteiger partial charge in [0, 0.05) is 17.4 Å². The van der Waals surface area contributed by atoms with Crippen LogP contribution in [0.4, 0.5) is 11.5 Å². The van der Waals surface area contributed by atoms with Crippen LogP contribution in [0.1, 0.15) is 0 Å². The number of hydrogen-bond donors (Lipinski definition) is 0. The van der Waals surface area contributed by atoms with Crippen LogP contribution in [0.25, 0.3) is 0 Å². The van der Waals surface area contributed by atoms with Crippen LogP contribution in [0, 0.1) is 0 Å². The van der Waals surface area contributed by atoms with Crippen molar-refractivity contribution in [2.24, 2.45) is 0 Å². The van der Waals surface area contributed by atoms with Crippen LogP contribution < -0.4 is 0 Å². The fourth-order valence-corrected chi connectivity index (χ4v) is 0. The summed E-state index contributed by atoms with van der Waals surface area (Å²) >= 11 is -7.18. The molecule has 0 aliphatic heterocycles. The predicted molar refractivity (Wildman–Crippen MR) is 10.2 cm³/mol. The molecule has 0 unspecified atom stereocenters. The number of halogens is 4. The molecule has 0 bridgehead atoms. The van der Waals surface area contributed by atoms with Crippen molar-refractivity contribution in [1.29, 1.82) is 0 Å². The van der Waals surface area contributed by atoms with E-state index in [9.17, 15) is 11.5 Å². The summed E-state index contributed by atoms with van der Waals surface area (Å²) in [5.41, 5.74) is 0. The summed E-state index contributed by atoms with van der Waals surface area (Å²) in [6, 6.07) is 0. The summed E-state index contributed by atoms with van der Waals surface area (Å²) in [6.07, 6.45) is 0. The Hall–Kier alpha value is 1.05. The molecule has 0 aromatic rings. The molecule has 0 saturated carbocycles. The van der Waals surface area contributed by atoms with E-state index in [1.54, 1.807) is 0 Å². The van der Waals surface area contributed by atoms with Crippen LogP contribution in [-0.2, 0) is 17.4 Å². The molecular formula is CrF4Sn. The van der Waals surface area contributed by atoms with Gasteiger partial charge in [-0.2, -0.15) is 0 Å². The molecular weight excluding hydrogens is 247 g/mol. The van der Waals surface area contributed by atoms with E-state index in [0.717, 1.165) is 0 Å². The van der Waals surface area contributed by atoms with E-state index in [2.05, 4.69) is 0 Å². The Morgan fingerprint density at radius 1 is 0.833 bits per heavy atom. The normalized spacial score (nSPS) is 10.0. The van der Waals surface area contributed by atoms with Crippen molar-refractivity contribution >= 4 is 20.7 Å². The molecule has 0 atom stereocenters. The van der Waals surface area contributed by atoms with Gasteiger partial charge in [-0.05, 0) is 0 Å². The minimum atomic E-state index is -7.18. The van der Waals surface area contributed by atoms with E-state index in [0.29, 0.717) is 0 Å². The van der Waals surface area contributed by atoms with Gasteiger partial charge in [0.1, 0.15) is 0 Å². The Labute approximate surface area is 49.6 Å². The molecule has 0 aliphatic carbocycles. The van der Waals surface area contributed by atoms with Crippen molar-refractivity contribution in [2.45, 2.75) is 0 Å². The Balaban J connectivity index is 0. The zero-order valence-corrected chi connectivity index (χ0v) is 6.55. The Morgan fingerprint density at radius 2 is 0.833 bits per heavy atom. The standard InChI is InChI=1S/Cr.4FH.Sn/h;4*1H;/q;;;;;+4/p-4. The van der Waals surface area contributed by atoms with Crippen molar-refractivity contribution < 1.29 is 28.8 Å². The molecule has 0 radical (unpaired) electrons. The zero-order chi connectivity index (χ0) is 4.50. The van der Waals surface area contributed by atoms with E-state index >= 15 is 0 Å². The molecule has 0 fully saturated rings. The molecule has 0 aromatic carbocycles. The summed E-state index contributed by atoms with van der Waals surface area (Å²) < 4.78 is 39.6. The third kappa shape index (κ3) is 75.0. The van der Waals surface area contributed by atoms with E-state index in [1.807, 2.05) is 0 Å². The topological polar surface area (TPSA) is 0 Å². The van der Waals surface area contributed by atoms with Crippen LogP contribution >= 0.6 is 0 Å². The molecule has 0 spiro atoms. The second kappa shape index (κ2) is 3.11. The van der Waals surface area contributed by atoms with Crippen LogP contribution in [0.15, 0.2) is 0 Å². The maximum atomic E-state index is 9.90. The van der Waals surface area contributed by atoms with Crippen molar-refractivity contribution in [2.75, 3.05) is 0 Å². The first-order valence-corrected chi connectivity index (χ1v) is 5.07. The monoisotopic (exact) mass is 248 g/mol. The van der Waals surface area contributed by atoms with Crippen LogP contribution in [0.2, 0.25) is 0 Å². The Bertz CT molecular complexity index is 23.0. The van der Waals surface area contributed by atoms with E-state index in [-0.39, 0.29) is 17.4 Å². The molecule has 0 rings (SSSR count). The first kappa shape index (κ1) is 10.1. The number of rotatable bonds is 0. The second-order valence-corrected chi connectivity index (χ2v) is 2.87. The summed E-state index contributed by atoms with van der Waals surface area (Å²) in [5.74, 6) is 0. The van der Waals surface area contributed by atoms with Crippen molar-refractivity contribution in [3.8, 4) is 0 Å².